The molecule has 2 aromatic carbocycles. The molecule has 0 atom stereocenters. The van der Waals surface area contributed by atoms with E-state index in [1.54, 1.807) is 3.95 Å². The molecule has 0 aliphatic carbocycles. The van der Waals surface area contributed by atoms with Gasteiger partial charge in [0.2, 0.25) is 0 Å². The van der Waals surface area contributed by atoms with Crippen molar-refractivity contribution in [3.63, 3.8) is 0 Å². The molecular formula is C14H14Mo. The van der Waals surface area contributed by atoms with Crippen molar-refractivity contribution in [1.82, 2.24) is 0 Å². The Kier molecular flexibility index (Phi) is 4.17. The molecule has 2 aromatic rings. The second-order valence-corrected chi connectivity index (χ2v) is 6.27. The Labute approximate surface area is 99.9 Å². The summed E-state index contributed by atoms with van der Waals surface area (Å²) < 4.78 is 1.57. The van der Waals surface area contributed by atoms with Crippen LogP contribution in [0.5, 0.6) is 0 Å². The summed E-state index contributed by atoms with van der Waals surface area (Å²) in [5, 5.41) is 0. The molecule has 0 unspecified atom stereocenters. The monoisotopic (exact) mass is 280 g/mol. The molecule has 0 fully saturated rings. The SMILES string of the molecule is c1ccc(C[CH2][Mo][c]2ccccc2)cc1. The van der Waals surface area contributed by atoms with E-state index >= 15 is 0 Å². The van der Waals surface area contributed by atoms with Crippen molar-refractivity contribution in [2.24, 2.45) is 0 Å². The van der Waals surface area contributed by atoms with Gasteiger partial charge in [0.15, 0.2) is 0 Å². The van der Waals surface area contributed by atoms with Crippen molar-refractivity contribution in [3.8, 4) is 0 Å². The summed E-state index contributed by atoms with van der Waals surface area (Å²) in [6.45, 7) is 0. The number of rotatable bonds is 4. The molecule has 76 valence electrons. The third kappa shape index (κ3) is 3.64. The van der Waals surface area contributed by atoms with Gasteiger partial charge in [-0.3, -0.25) is 0 Å². The third-order valence-corrected chi connectivity index (χ3v) is 4.74. The van der Waals surface area contributed by atoms with Gasteiger partial charge in [-0.1, -0.05) is 0 Å². The van der Waals surface area contributed by atoms with Gasteiger partial charge in [0.1, 0.15) is 0 Å². The molecule has 0 saturated carbocycles. The fourth-order valence-corrected chi connectivity index (χ4v) is 3.72. The van der Waals surface area contributed by atoms with E-state index in [-0.39, 0.29) is 18.6 Å². The first-order valence-electron chi connectivity index (χ1n) is 5.17. The summed E-state index contributed by atoms with van der Waals surface area (Å²) in [6.07, 6.45) is 1.23. The molecule has 15 heavy (non-hydrogen) atoms. The van der Waals surface area contributed by atoms with Crippen LogP contribution in [0.1, 0.15) is 5.56 Å². The second kappa shape index (κ2) is 5.88. The quantitative estimate of drug-likeness (QED) is 0.754. The summed E-state index contributed by atoms with van der Waals surface area (Å²) >= 11 is 0.0236. The third-order valence-electron chi connectivity index (χ3n) is 2.25. The first-order chi connectivity index (χ1) is 7.45. The van der Waals surface area contributed by atoms with Gasteiger partial charge >= 0.3 is 100.0 Å². The maximum atomic E-state index is 2.26. The Morgan fingerprint density at radius 2 is 1.33 bits per heavy atom. The Hall–Kier alpha value is -0.872. The van der Waals surface area contributed by atoms with Crippen LogP contribution in [0.2, 0.25) is 4.81 Å². The number of benzene rings is 2. The predicted octanol–water partition coefficient (Wildman–Crippen LogP) is 3.06. The van der Waals surface area contributed by atoms with Gasteiger partial charge in [-0.05, 0) is 0 Å². The topological polar surface area (TPSA) is 0 Å². The number of hydrogen-bond acceptors (Lipinski definition) is 0. The Balaban J connectivity index is 1.81. The van der Waals surface area contributed by atoms with Crippen LogP contribution in [-0.2, 0) is 25.0 Å². The van der Waals surface area contributed by atoms with Crippen LogP contribution in [0.3, 0.4) is 0 Å². The average molecular weight is 278 g/mol. The molecule has 0 nitrogen and oxygen atoms in total. The van der Waals surface area contributed by atoms with Crippen LogP contribution in [0.4, 0.5) is 0 Å². The predicted molar refractivity (Wildman–Crippen MR) is 61.0 cm³/mol. The van der Waals surface area contributed by atoms with Crippen LogP contribution < -0.4 is 3.95 Å². The van der Waals surface area contributed by atoms with Gasteiger partial charge in [-0.2, -0.15) is 0 Å². The van der Waals surface area contributed by atoms with Gasteiger partial charge in [0, 0.05) is 0 Å². The summed E-state index contributed by atoms with van der Waals surface area (Å²) in [5.41, 5.74) is 1.47. The normalized spacial score (nSPS) is 10.1. The molecule has 0 aliphatic rings. The first-order valence-corrected chi connectivity index (χ1v) is 7.59. The van der Waals surface area contributed by atoms with E-state index in [1.807, 2.05) is 0 Å². The second-order valence-electron chi connectivity index (χ2n) is 3.40. The van der Waals surface area contributed by atoms with E-state index in [0.717, 1.165) is 0 Å². The van der Waals surface area contributed by atoms with Crippen molar-refractivity contribution in [2.75, 3.05) is 0 Å². The van der Waals surface area contributed by atoms with Crippen LogP contribution in [-0.4, -0.2) is 0 Å². The van der Waals surface area contributed by atoms with Crippen molar-refractivity contribution >= 4 is 3.95 Å². The zero-order valence-corrected chi connectivity index (χ0v) is 10.6. The molecule has 2 rings (SSSR count). The molecule has 0 aromatic heterocycles. The van der Waals surface area contributed by atoms with Gasteiger partial charge in [0.05, 0.1) is 0 Å². The maximum absolute atomic E-state index is 2.26. The van der Waals surface area contributed by atoms with Gasteiger partial charge < -0.3 is 0 Å². The van der Waals surface area contributed by atoms with Gasteiger partial charge in [-0.25, -0.2) is 0 Å². The van der Waals surface area contributed by atoms with E-state index in [2.05, 4.69) is 60.7 Å². The van der Waals surface area contributed by atoms with E-state index in [9.17, 15) is 0 Å². The summed E-state index contributed by atoms with van der Waals surface area (Å²) in [4.78, 5) is 1.36. The molecule has 0 heterocycles. The van der Waals surface area contributed by atoms with E-state index in [0.29, 0.717) is 0 Å². The van der Waals surface area contributed by atoms with Crippen LogP contribution in [0, 0.1) is 0 Å². The van der Waals surface area contributed by atoms with E-state index in [4.69, 9.17) is 0 Å². The van der Waals surface area contributed by atoms with E-state index in [1.165, 1.54) is 16.8 Å². The number of aryl methyl sites for hydroxylation is 1. The molecule has 0 radical (unpaired) electrons. The minimum absolute atomic E-state index is 0.0236. The Morgan fingerprint density at radius 3 is 2.00 bits per heavy atom. The first kappa shape index (κ1) is 10.6. The number of hydrogen-bond donors (Lipinski definition) is 0. The molecular weight excluding hydrogens is 264 g/mol. The fourth-order valence-electron chi connectivity index (χ4n) is 1.45. The minimum atomic E-state index is 0.0236. The van der Waals surface area contributed by atoms with E-state index < -0.39 is 0 Å². The van der Waals surface area contributed by atoms with Crippen molar-refractivity contribution in [1.29, 1.82) is 0 Å². The Morgan fingerprint density at radius 1 is 0.733 bits per heavy atom. The molecule has 0 bridgehead atoms. The molecule has 0 spiro atoms. The molecule has 0 N–H and O–H groups in total. The molecule has 0 aliphatic heterocycles. The summed E-state index contributed by atoms with van der Waals surface area (Å²) in [5.74, 6) is 0. The average Bonchev–Trinajstić information content (AvgIpc) is 2.32. The zero-order chi connectivity index (χ0) is 10.3. The standard InChI is InChI=1S/C8H9.C6H5.Mo/c1-2-8-6-4-3-5-7-8;1-2-4-6-5-3-1;/h3-7H,1-2H2;1-5H;. The van der Waals surface area contributed by atoms with Gasteiger partial charge in [-0.15, -0.1) is 0 Å². The van der Waals surface area contributed by atoms with Gasteiger partial charge in [0.25, 0.3) is 0 Å². The van der Waals surface area contributed by atoms with Crippen LogP contribution >= 0.6 is 0 Å². The summed E-state index contributed by atoms with van der Waals surface area (Å²) in [6, 6.07) is 21.7. The fraction of sp³-hybridized carbons (Fsp3) is 0.143. The van der Waals surface area contributed by atoms with Crippen LogP contribution in [0.15, 0.2) is 60.7 Å². The zero-order valence-electron chi connectivity index (χ0n) is 8.60. The Bertz CT molecular complexity index is 341. The van der Waals surface area contributed by atoms with Crippen molar-refractivity contribution in [3.05, 3.63) is 66.2 Å². The molecule has 1 heteroatoms. The van der Waals surface area contributed by atoms with Crippen molar-refractivity contribution in [2.45, 2.75) is 11.2 Å². The van der Waals surface area contributed by atoms with Crippen LogP contribution in [0.25, 0.3) is 0 Å². The van der Waals surface area contributed by atoms with Crippen molar-refractivity contribution < 1.29 is 18.6 Å². The molecule has 0 amide bonds. The summed E-state index contributed by atoms with van der Waals surface area (Å²) in [7, 11) is 0. The molecule has 0 saturated heterocycles.